The molecule has 0 saturated heterocycles. The Hall–Kier alpha value is -2.64. The first kappa shape index (κ1) is 13.3. The summed E-state index contributed by atoms with van der Waals surface area (Å²) in [6.45, 7) is 3.96. The first-order chi connectivity index (χ1) is 10.0. The van der Waals surface area contributed by atoms with Crippen LogP contribution in [0.25, 0.3) is 11.4 Å². The van der Waals surface area contributed by atoms with Gasteiger partial charge in [-0.2, -0.15) is 0 Å². The van der Waals surface area contributed by atoms with E-state index in [9.17, 15) is 9.90 Å². The Morgan fingerprint density at radius 2 is 2.10 bits per heavy atom. The van der Waals surface area contributed by atoms with Gasteiger partial charge in [-0.1, -0.05) is 6.07 Å². The molecule has 21 heavy (non-hydrogen) atoms. The highest BCUT2D eigenvalue weighted by atomic mass is 16.6. The molecule has 2 aromatic rings. The molecule has 0 atom stereocenters. The highest BCUT2D eigenvalue weighted by molar-refractivity contribution is 5.77. The topological polar surface area (TPSA) is 99.4 Å². The van der Waals surface area contributed by atoms with Crippen molar-refractivity contribution in [2.45, 2.75) is 19.4 Å². The molecule has 2 heterocycles. The first-order valence-corrected chi connectivity index (χ1v) is 6.43. The van der Waals surface area contributed by atoms with E-state index >= 15 is 0 Å². The number of rotatable bonds is 3. The third kappa shape index (κ3) is 2.08. The molecule has 1 aromatic heterocycles. The van der Waals surface area contributed by atoms with Crippen LogP contribution in [0, 0.1) is 0 Å². The van der Waals surface area contributed by atoms with Gasteiger partial charge in [-0.3, -0.25) is 0 Å². The predicted octanol–water partition coefficient (Wildman–Crippen LogP) is 0.931. The number of hydrogen-bond acceptors (Lipinski definition) is 6. The van der Waals surface area contributed by atoms with Crippen LogP contribution < -0.4 is 9.47 Å². The average molecular weight is 290 g/mol. The van der Waals surface area contributed by atoms with Gasteiger partial charge in [0.15, 0.2) is 22.9 Å². The lowest BCUT2D eigenvalue weighted by molar-refractivity contribution is -0.146. The van der Waals surface area contributed by atoms with Crippen LogP contribution in [0.1, 0.15) is 13.8 Å². The Balaban J connectivity index is 2.15. The van der Waals surface area contributed by atoms with Gasteiger partial charge in [0, 0.05) is 0 Å². The normalized spacial score (nSPS) is 14.0. The van der Waals surface area contributed by atoms with E-state index < -0.39 is 11.5 Å². The number of aliphatic carboxylic acids is 1. The molecular formula is C13H14N4O4. The van der Waals surface area contributed by atoms with Crippen LogP contribution in [-0.2, 0) is 10.3 Å². The molecule has 0 aliphatic carbocycles. The molecule has 0 bridgehead atoms. The number of tetrazole rings is 1. The fraction of sp³-hybridized carbons (Fsp3) is 0.385. The van der Waals surface area contributed by atoms with Gasteiger partial charge in [-0.15, -0.1) is 5.10 Å². The summed E-state index contributed by atoms with van der Waals surface area (Å²) < 4.78 is 12.4. The highest BCUT2D eigenvalue weighted by Crippen LogP contribution is 2.39. The summed E-state index contributed by atoms with van der Waals surface area (Å²) in [5, 5.41) is 20.7. The van der Waals surface area contributed by atoms with Crippen molar-refractivity contribution in [1.29, 1.82) is 0 Å². The molecule has 3 rings (SSSR count). The summed E-state index contributed by atoms with van der Waals surface area (Å²) in [5.74, 6) is 0.421. The van der Waals surface area contributed by atoms with Gasteiger partial charge in [0.25, 0.3) is 0 Å². The number of carboxylic acid groups (broad SMARTS) is 1. The summed E-state index contributed by atoms with van der Waals surface area (Å²) in [5.41, 5.74) is -0.677. The van der Waals surface area contributed by atoms with Crippen molar-refractivity contribution >= 4 is 5.97 Å². The zero-order valence-corrected chi connectivity index (χ0v) is 11.6. The number of carboxylic acids is 1. The number of para-hydroxylation sites is 1. The molecule has 8 heteroatoms. The van der Waals surface area contributed by atoms with Gasteiger partial charge in [0.1, 0.15) is 13.2 Å². The molecule has 1 aromatic carbocycles. The number of carbonyl (C=O) groups is 1. The van der Waals surface area contributed by atoms with Crippen LogP contribution in [0.15, 0.2) is 18.2 Å². The van der Waals surface area contributed by atoms with E-state index in [0.717, 1.165) is 0 Å². The number of fused-ring (bicyclic) bond motifs is 1. The molecule has 1 N–H and O–H groups in total. The summed E-state index contributed by atoms with van der Waals surface area (Å²) in [7, 11) is 0. The SMILES string of the molecule is CC(C)(C(=O)O)n1nnnc1-c1cccc2c1OCCO2. The van der Waals surface area contributed by atoms with E-state index in [2.05, 4.69) is 15.5 Å². The van der Waals surface area contributed by atoms with Crippen LogP contribution in [0.5, 0.6) is 11.5 Å². The zero-order valence-electron chi connectivity index (χ0n) is 11.6. The zero-order chi connectivity index (χ0) is 15.0. The van der Waals surface area contributed by atoms with Crippen LogP contribution in [0.2, 0.25) is 0 Å². The minimum atomic E-state index is -1.28. The van der Waals surface area contributed by atoms with Crippen molar-refractivity contribution in [2.24, 2.45) is 0 Å². The molecule has 1 aliphatic rings. The van der Waals surface area contributed by atoms with Gasteiger partial charge >= 0.3 is 5.97 Å². The Labute approximate surface area is 120 Å². The highest BCUT2D eigenvalue weighted by Gasteiger charge is 2.35. The maximum atomic E-state index is 11.4. The molecule has 1 aliphatic heterocycles. The first-order valence-electron chi connectivity index (χ1n) is 6.43. The largest absolute Gasteiger partial charge is 0.486 e. The number of aromatic nitrogens is 4. The van der Waals surface area contributed by atoms with Crippen molar-refractivity contribution in [3.8, 4) is 22.9 Å². The van der Waals surface area contributed by atoms with Gasteiger partial charge in [-0.05, 0) is 36.4 Å². The van der Waals surface area contributed by atoms with E-state index in [1.807, 2.05) is 0 Å². The smallest absolute Gasteiger partial charge is 0.331 e. The second kappa shape index (κ2) is 4.72. The molecule has 0 spiro atoms. The maximum absolute atomic E-state index is 11.4. The van der Waals surface area contributed by atoms with Crippen molar-refractivity contribution in [1.82, 2.24) is 20.2 Å². The van der Waals surface area contributed by atoms with Crippen LogP contribution in [0.4, 0.5) is 0 Å². The molecule has 110 valence electrons. The lowest BCUT2D eigenvalue weighted by Gasteiger charge is -2.23. The van der Waals surface area contributed by atoms with Crippen molar-refractivity contribution in [3.05, 3.63) is 18.2 Å². The summed E-state index contributed by atoms with van der Waals surface area (Å²) >= 11 is 0. The van der Waals surface area contributed by atoms with Gasteiger partial charge in [0.05, 0.1) is 5.56 Å². The van der Waals surface area contributed by atoms with Crippen LogP contribution in [-0.4, -0.2) is 44.5 Å². The lowest BCUT2D eigenvalue weighted by Crippen LogP contribution is -2.37. The lowest BCUT2D eigenvalue weighted by atomic mass is 10.1. The molecule has 0 fully saturated rings. The van der Waals surface area contributed by atoms with Gasteiger partial charge in [0.2, 0.25) is 0 Å². The minimum absolute atomic E-state index is 0.324. The Morgan fingerprint density at radius 3 is 2.86 bits per heavy atom. The van der Waals surface area contributed by atoms with Crippen molar-refractivity contribution < 1.29 is 19.4 Å². The van der Waals surface area contributed by atoms with Crippen LogP contribution in [0.3, 0.4) is 0 Å². The van der Waals surface area contributed by atoms with Crippen molar-refractivity contribution in [3.63, 3.8) is 0 Å². The molecule has 8 nitrogen and oxygen atoms in total. The van der Waals surface area contributed by atoms with Crippen LogP contribution >= 0.6 is 0 Å². The number of nitrogens with zero attached hydrogens (tertiary/aromatic N) is 4. The average Bonchev–Trinajstić information content (AvgIpc) is 2.96. The number of benzene rings is 1. The number of hydrogen-bond donors (Lipinski definition) is 1. The molecule has 0 saturated carbocycles. The minimum Gasteiger partial charge on any atom is -0.486 e. The van der Waals surface area contributed by atoms with E-state index in [0.29, 0.717) is 36.1 Å². The fourth-order valence-corrected chi connectivity index (χ4v) is 2.07. The van der Waals surface area contributed by atoms with Gasteiger partial charge < -0.3 is 14.6 Å². The second-order valence-corrected chi connectivity index (χ2v) is 5.11. The Bertz CT molecular complexity index is 695. The molecule has 0 radical (unpaired) electrons. The third-order valence-corrected chi connectivity index (χ3v) is 3.33. The quantitative estimate of drug-likeness (QED) is 0.897. The van der Waals surface area contributed by atoms with E-state index in [4.69, 9.17) is 9.47 Å². The summed E-state index contributed by atoms with van der Waals surface area (Å²) in [6.07, 6.45) is 0. The molecular weight excluding hydrogens is 276 g/mol. The monoisotopic (exact) mass is 290 g/mol. The predicted molar refractivity (Wildman–Crippen MR) is 71.2 cm³/mol. The standard InChI is InChI=1S/C13H14N4O4/c1-13(2,12(18)19)17-11(14-15-16-17)8-4-3-5-9-10(8)21-7-6-20-9/h3-5H,6-7H2,1-2H3,(H,18,19). The molecule has 0 amide bonds. The second-order valence-electron chi connectivity index (χ2n) is 5.11. The van der Waals surface area contributed by atoms with E-state index in [1.54, 1.807) is 18.2 Å². The summed E-state index contributed by atoms with van der Waals surface area (Å²) in [6, 6.07) is 5.34. The number of ether oxygens (including phenoxy) is 2. The summed E-state index contributed by atoms with van der Waals surface area (Å²) in [4.78, 5) is 11.4. The Kier molecular flexibility index (Phi) is 3.00. The van der Waals surface area contributed by atoms with E-state index in [1.165, 1.54) is 18.5 Å². The van der Waals surface area contributed by atoms with Crippen molar-refractivity contribution in [2.75, 3.05) is 13.2 Å². The third-order valence-electron chi connectivity index (χ3n) is 3.33. The van der Waals surface area contributed by atoms with Gasteiger partial charge in [-0.25, -0.2) is 9.48 Å². The molecule has 0 unspecified atom stereocenters. The maximum Gasteiger partial charge on any atom is 0.331 e. The van der Waals surface area contributed by atoms with E-state index in [-0.39, 0.29) is 0 Å². The fourth-order valence-electron chi connectivity index (χ4n) is 2.07. The Morgan fingerprint density at radius 1 is 1.33 bits per heavy atom.